The van der Waals surface area contributed by atoms with E-state index in [2.05, 4.69) is 5.32 Å². The minimum absolute atomic E-state index is 0.0315. The molecule has 1 aliphatic rings. The molecule has 84 valence electrons. The van der Waals surface area contributed by atoms with Crippen LogP contribution < -0.4 is 5.32 Å². The Morgan fingerprint density at radius 2 is 2.00 bits per heavy atom. The van der Waals surface area contributed by atoms with E-state index in [0.717, 1.165) is 5.56 Å². The molecule has 0 spiro atoms. The lowest BCUT2D eigenvalue weighted by Crippen LogP contribution is -2.53. The van der Waals surface area contributed by atoms with Gasteiger partial charge in [-0.25, -0.2) is 0 Å². The molecule has 1 unspecified atom stereocenters. The van der Waals surface area contributed by atoms with Crippen LogP contribution >= 0.6 is 0 Å². The number of nitrogens with zero attached hydrogens (tertiary/aromatic N) is 1. The molecule has 4 nitrogen and oxygen atoms in total. The highest BCUT2D eigenvalue weighted by Gasteiger charge is 2.34. The number of carbonyl (C=O) groups is 2. The first-order valence-corrected chi connectivity index (χ1v) is 5.36. The predicted molar refractivity (Wildman–Crippen MR) is 59.6 cm³/mol. The third-order valence-electron chi connectivity index (χ3n) is 2.75. The van der Waals surface area contributed by atoms with Gasteiger partial charge >= 0.3 is 0 Å². The van der Waals surface area contributed by atoms with E-state index in [1.165, 1.54) is 0 Å². The van der Waals surface area contributed by atoms with E-state index in [-0.39, 0.29) is 18.4 Å². The summed E-state index contributed by atoms with van der Waals surface area (Å²) in [6, 6.07) is 8.89. The van der Waals surface area contributed by atoms with Gasteiger partial charge in [0.25, 0.3) is 0 Å². The van der Waals surface area contributed by atoms with E-state index in [9.17, 15) is 9.59 Å². The minimum atomic E-state index is -0.479. The van der Waals surface area contributed by atoms with Gasteiger partial charge in [0, 0.05) is 6.54 Å². The molecular weight excluding hydrogens is 204 g/mol. The monoisotopic (exact) mass is 218 g/mol. The van der Waals surface area contributed by atoms with Crippen LogP contribution in [-0.2, 0) is 9.59 Å². The Morgan fingerprint density at radius 1 is 1.31 bits per heavy atom. The van der Waals surface area contributed by atoms with Crippen molar-refractivity contribution >= 4 is 11.8 Å². The van der Waals surface area contributed by atoms with Crippen molar-refractivity contribution in [1.29, 1.82) is 0 Å². The van der Waals surface area contributed by atoms with Crippen LogP contribution in [0.4, 0.5) is 0 Å². The van der Waals surface area contributed by atoms with Crippen LogP contribution in [0.2, 0.25) is 0 Å². The van der Waals surface area contributed by atoms with Crippen molar-refractivity contribution in [3.63, 3.8) is 0 Å². The molecule has 0 radical (unpaired) electrons. The molecule has 1 N–H and O–H groups in total. The SMILES string of the molecule is CCN1C(=O)CNC(=O)C1c1ccccc1. The smallest absolute Gasteiger partial charge is 0.247 e. The van der Waals surface area contributed by atoms with Gasteiger partial charge in [-0.05, 0) is 12.5 Å². The number of likely N-dealkylation sites (N-methyl/N-ethyl adjacent to an activating group) is 1. The van der Waals surface area contributed by atoms with Gasteiger partial charge in [-0.2, -0.15) is 0 Å². The van der Waals surface area contributed by atoms with Gasteiger partial charge in [-0.1, -0.05) is 30.3 Å². The molecule has 0 saturated carbocycles. The molecule has 1 aromatic rings. The second kappa shape index (κ2) is 4.35. The van der Waals surface area contributed by atoms with E-state index >= 15 is 0 Å². The van der Waals surface area contributed by atoms with E-state index < -0.39 is 6.04 Å². The van der Waals surface area contributed by atoms with Crippen molar-refractivity contribution in [2.75, 3.05) is 13.1 Å². The highest BCUT2D eigenvalue weighted by atomic mass is 16.2. The summed E-state index contributed by atoms with van der Waals surface area (Å²) in [5.41, 5.74) is 0.856. The number of hydrogen-bond acceptors (Lipinski definition) is 2. The summed E-state index contributed by atoms with van der Waals surface area (Å²) in [7, 11) is 0. The van der Waals surface area contributed by atoms with E-state index in [1.54, 1.807) is 4.90 Å². The molecule has 1 atom stereocenters. The Bertz CT molecular complexity index is 403. The van der Waals surface area contributed by atoms with Crippen molar-refractivity contribution in [3.8, 4) is 0 Å². The molecule has 1 fully saturated rings. The van der Waals surface area contributed by atoms with Crippen LogP contribution in [0, 0.1) is 0 Å². The second-order valence-corrected chi connectivity index (χ2v) is 3.71. The quantitative estimate of drug-likeness (QED) is 0.794. The van der Waals surface area contributed by atoms with Gasteiger partial charge in [0.2, 0.25) is 11.8 Å². The van der Waals surface area contributed by atoms with E-state index in [1.807, 2.05) is 37.3 Å². The Hall–Kier alpha value is -1.84. The maximum Gasteiger partial charge on any atom is 0.247 e. The standard InChI is InChI=1S/C12H14N2O2/c1-2-14-10(15)8-13-12(16)11(14)9-6-4-3-5-7-9/h3-7,11H,2,8H2,1H3,(H,13,16). The maximum absolute atomic E-state index is 11.8. The summed E-state index contributed by atoms with van der Waals surface area (Å²) in [5.74, 6) is -0.136. The lowest BCUT2D eigenvalue weighted by Gasteiger charge is -2.34. The zero-order valence-corrected chi connectivity index (χ0v) is 9.14. The lowest BCUT2D eigenvalue weighted by molar-refractivity contribution is -0.145. The molecule has 1 heterocycles. The summed E-state index contributed by atoms with van der Waals surface area (Å²) in [6.45, 7) is 2.54. The lowest BCUT2D eigenvalue weighted by atomic mass is 10.0. The van der Waals surface area contributed by atoms with Crippen LogP contribution in [0.1, 0.15) is 18.5 Å². The maximum atomic E-state index is 11.8. The Morgan fingerprint density at radius 3 is 2.62 bits per heavy atom. The van der Waals surface area contributed by atoms with Crippen LogP contribution in [0.25, 0.3) is 0 Å². The number of benzene rings is 1. The fraction of sp³-hybridized carbons (Fsp3) is 0.333. The fourth-order valence-electron chi connectivity index (χ4n) is 1.97. The van der Waals surface area contributed by atoms with Gasteiger partial charge < -0.3 is 10.2 Å². The van der Waals surface area contributed by atoms with Crippen molar-refractivity contribution in [1.82, 2.24) is 10.2 Å². The third-order valence-corrected chi connectivity index (χ3v) is 2.75. The molecule has 1 aromatic carbocycles. The molecule has 1 aliphatic heterocycles. The summed E-state index contributed by atoms with van der Waals surface area (Å²) in [4.78, 5) is 25.1. The van der Waals surface area contributed by atoms with Crippen molar-refractivity contribution in [3.05, 3.63) is 35.9 Å². The first-order valence-electron chi connectivity index (χ1n) is 5.36. The van der Waals surface area contributed by atoms with E-state index in [0.29, 0.717) is 6.54 Å². The van der Waals surface area contributed by atoms with Gasteiger partial charge in [0.05, 0.1) is 6.54 Å². The molecule has 2 rings (SSSR count). The molecule has 0 aliphatic carbocycles. The van der Waals surface area contributed by atoms with Crippen LogP contribution in [-0.4, -0.2) is 29.8 Å². The summed E-state index contributed by atoms with van der Waals surface area (Å²) >= 11 is 0. The first-order chi connectivity index (χ1) is 7.74. The van der Waals surface area contributed by atoms with Gasteiger partial charge in [0.15, 0.2) is 0 Å². The summed E-state index contributed by atoms with van der Waals surface area (Å²) in [6.07, 6.45) is 0. The number of rotatable bonds is 2. The van der Waals surface area contributed by atoms with Crippen molar-refractivity contribution < 1.29 is 9.59 Å². The van der Waals surface area contributed by atoms with Gasteiger partial charge in [-0.15, -0.1) is 0 Å². The molecule has 16 heavy (non-hydrogen) atoms. The van der Waals surface area contributed by atoms with Crippen LogP contribution in [0.15, 0.2) is 30.3 Å². The molecule has 4 heteroatoms. The van der Waals surface area contributed by atoms with Gasteiger partial charge in [-0.3, -0.25) is 9.59 Å². The largest absolute Gasteiger partial charge is 0.345 e. The number of nitrogens with one attached hydrogen (secondary N) is 1. The van der Waals surface area contributed by atoms with E-state index in [4.69, 9.17) is 0 Å². The highest BCUT2D eigenvalue weighted by molar-refractivity contribution is 5.95. The third kappa shape index (κ3) is 1.78. The summed E-state index contributed by atoms with van der Waals surface area (Å²) in [5, 5.41) is 2.61. The Kier molecular flexibility index (Phi) is 2.90. The molecule has 0 bridgehead atoms. The number of piperazine rings is 1. The van der Waals surface area contributed by atoms with Crippen LogP contribution in [0.3, 0.4) is 0 Å². The Labute approximate surface area is 94.2 Å². The van der Waals surface area contributed by atoms with Crippen molar-refractivity contribution in [2.24, 2.45) is 0 Å². The molecule has 2 amide bonds. The summed E-state index contributed by atoms with van der Waals surface area (Å²) < 4.78 is 0. The normalized spacial score (nSPS) is 20.8. The van der Waals surface area contributed by atoms with Gasteiger partial charge in [0.1, 0.15) is 6.04 Å². The molecule has 1 saturated heterocycles. The van der Waals surface area contributed by atoms with Crippen LogP contribution in [0.5, 0.6) is 0 Å². The zero-order chi connectivity index (χ0) is 11.5. The average Bonchev–Trinajstić information content (AvgIpc) is 2.33. The fourth-order valence-corrected chi connectivity index (χ4v) is 1.97. The number of hydrogen-bond donors (Lipinski definition) is 1. The molecular formula is C12H14N2O2. The average molecular weight is 218 g/mol. The number of amides is 2. The Balaban J connectivity index is 2.35. The molecule has 0 aromatic heterocycles. The zero-order valence-electron chi connectivity index (χ0n) is 9.14. The first kappa shape index (κ1) is 10.7. The minimum Gasteiger partial charge on any atom is -0.345 e. The topological polar surface area (TPSA) is 49.4 Å². The second-order valence-electron chi connectivity index (χ2n) is 3.71. The van der Waals surface area contributed by atoms with Crippen molar-refractivity contribution in [2.45, 2.75) is 13.0 Å². The predicted octanol–water partition coefficient (Wildman–Crippen LogP) is 0.706. The number of carbonyl (C=O) groups excluding carboxylic acids is 2. The highest BCUT2D eigenvalue weighted by Crippen LogP contribution is 2.22.